The average Bonchev–Trinajstić information content (AvgIpc) is 2.40. The minimum atomic E-state index is 0.396. The van der Waals surface area contributed by atoms with Gasteiger partial charge in [-0.2, -0.15) is 0 Å². The first-order valence-corrected chi connectivity index (χ1v) is 7.37. The third-order valence-electron chi connectivity index (χ3n) is 3.37. The Kier molecular flexibility index (Phi) is 5.16. The van der Waals surface area contributed by atoms with Crippen molar-refractivity contribution in [1.29, 1.82) is 0 Å². The Morgan fingerprint density at radius 2 is 2.06 bits per heavy atom. The summed E-state index contributed by atoms with van der Waals surface area (Å²) in [5.41, 5.74) is 2.21. The number of piperidine rings is 1. The minimum Gasteiger partial charge on any atom is -0.378 e. The van der Waals surface area contributed by atoms with E-state index in [9.17, 15) is 0 Å². The highest BCUT2D eigenvalue weighted by molar-refractivity contribution is 6.33. The Balaban J connectivity index is 2.09. The van der Waals surface area contributed by atoms with Crippen LogP contribution in [0.5, 0.6) is 0 Å². The summed E-state index contributed by atoms with van der Waals surface area (Å²) in [5, 5.41) is 0.794. The zero-order valence-electron chi connectivity index (χ0n) is 10.7. The van der Waals surface area contributed by atoms with Crippen molar-refractivity contribution in [2.45, 2.75) is 31.7 Å². The Morgan fingerprint density at radius 1 is 1.33 bits per heavy atom. The highest BCUT2D eigenvalue weighted by Crippen LogP contribution is 2.33. The number of benzene rings is 1. The molecule has 1 aromatic carbocycles. The van der Waals surface area contributed by atoms with E-state index in [1.54, 1.807) is 0 Å². The molecule has 0 aromatic heterocycles. The molecule has 1 aromatic rings. The predicted octanol–water partition coefficient (Wildman–Crippen LogP) is 4.08. The summed E-state index contributed by atoms with van der Waals surface area (Å²) in [7, 11) is 0. The van der Waals surface area contributed by atoms with Crippen molar-refractivity contribution in [3.8, 4) is 0 Å². The van der Waals surface area contributed by atoms with Gasteiger partial charge in [0, 0.05) is 25.6 Å². The minimum absolute atomic E-state index is 0.396. The largest absolute Gasteiger partial charge is 0.378 e. The van der Waals surface area contributed by atoms with E-state index in [1.807, 2.05) is 25.1 Å². The van der Waals surface area contributed by atoms with Crippen molar-refractivity contribution in [1.82, 2.24) is 0 Å². The Labute approximate surface area is 119 Å². The molecule has 1 aliphatic heterocycles. The van der Waals surface area contributed by atoms with Gasteiger partial charge in [0.25, 0.3) is 0 Å². The quantitative estimate of drug-likeness (QED) is 0.774. The maximum absolute atomic E-state index is 6.31. The maximum Gasteiger partial charge on any atom is 0.0642 e. The van der Waals surface area contributed by atoms with Crippen molar-refractivity contribution in [3.63, 3.8) is 0 Å². The fourth-order valence-electron chi connectivity index (χ4n) is 2.50. The first kappa shape index (κ1) is 14.0. The first-order valence-electron chi connectivity index (χ1n) is 6.46. The molecule has 0 spiro atoms. The van der Waals surface area contributed by atoms with E-state index in [0.29, 0.717) is 12.0 Å². The second kappa shape index (κ2) is 6.65. The van der Waals surface area contributed by atoms with Gasteiger partial charge in [-0.05, 0) is 31.4 Å². The summed E-state index contributed by atoms with van der Waals surface area (Å²) < 4.78 is 5.67. The molecule has 0 saturated carbocycles. The fraction of sp³-hybridized carbons (Fsp3) is 0.571. The van der Waals surface area contributed by atoms with Crippen LogP contribution in [0.3, 0.4) is 0 Å². The second-order valence-electron chi connectivity index (χ2n) is 4.52. The van der Waals surface area contributed by atoms with Gasteiger partial charge in [-0.25, -0.2) is 0 Å². The highest BCUT2D eigenvalue weighted by atomic mass is 35.5. The zero-order chi connectivity index (χ0) is 13.0. The lowest BCUT2D eigenvalue weighted by Crippen LogP contribution is -2.37. The summed E-state index contributed by atoms with van der Waals surface area (Å²) in [6.07, 6.45) is 2.51. The number of ether oxygens (including phenoxy) is 1. The summed E-state index contributed by atoms with van der Waals surface area (Å²) in [4.78, 5) is 2.33. The molecule has 0 bridgehead atoms. The fourth-order valence-corrected chi connectivity index (χ4v) is 3.03. The third-order valence-corrected chi connectivity index (χ3v) is 3.97. The van der Waals surface area contributed by atoms with Gasteiger partial charge in [-0.1, -0.05) is 23.7 Å². The van der Waals surface area contributed by atoms with Crippen LogP contribution in [0, 0.1) is 0 Å². The third kappa shape index (κ3) is 3.11. The smallest absolute Gasteiger partial charge is 0.0642 e. The molecular weight excluding hydrogens is 269 g/mol. The Morgan fingerprint density at radius 3 is 2.67 bits per heavy atom. The van der Waals surface area contributed by atoms with Gasteiger partial charge >= 0.3 is 0 Å². The van der Waals surface area contributed by atoms with Crippen LogP contribution < -0.4 is 4.90 Å². The van der Waals surface area contributed by atoms with Crippen LogP contribution in [0.2, 0.25) is 5.02 Å². The number of rotatable bonds is 4. The Bertz CT molecular complexity index is 389. The molecule has 1 saturated heterocycles. The SMILES string of the molecule is CCOC1CCN(c2c(Cl)cccc2CCl)CC1. The molecule has 1 heterocycles. The molecule has 0 atom stereocenters. The van der Waals surface area contributed by atoms with Crippen LogP contribution >= 0.6 is 23.2 Å². The van der Waals surface area contributed by atoms with Crippen LogP contribution in [-0.4, -0.2) is 25.8 Å². The van der Waals surface area contributed by atoms with Gasteiger partial charge in [-0.15, -0.1) is 11.6 Å². The topological polar surface area (TPSA) is 12.5 Å². The molecule has 18 heavy (non-hydrogen) atoms. The van der Waals surface area contributed by atoms with E-state index in [1.165, 1.54) is 0 Å². The number of halogens is 2. The number of alkyl halides is 1. The molecule has 0 N–H and O–H groups in total. The van der Waals surface area contributed by atoms with E-state index in [4.69, 9.17) is 27.9 Å². The summed E-state index contributed by atoms with van der Waals surface area (Å²) in [6, 6.07) is 5.93. The lowest BCUT2D eigenvalue weighted by molar-refractivity contribution is 0.0459. The van der Waals surface area contributed by atoms with Crippen LogP contribution in [0.15, 0.2) is 18.2 Å². The van der Waals surface area contributed by atoms with E-state index < -0.39 is 0 Å². The summed E-state index contributed by atoms with van der Waals surface area (Å²) >= 11 is 12.3. The van der Waals surface area contributed by atoms with E-state index in [2.05, 4.69) is 4.90 Å². The standard InChI is InChI=1S/C14H19Cl2NO/c1-2-18-12-6-8-17(9-7-12)14-11(10-15)4-3-5-13(14)16/h3-5,12H,2,6-10H2,1H3. The number of nitrogens with zero attached hydrogens (tertiary/aromatic N) is 1. The van der Waals surface area contributed by atoms with E-state index >= 15 is 0 Å². The average molecular weight is 288 g/mol. The van der Waals surface area contributed by atoms with Crippen LogP contribution in [0.1, 0.15) is 25.3 Å². The first-order chi connectivity index (χ1) is 8.76. The molecule has 1 fully saturated rings. The van der Waals surface area contributed by atoms with Gasteiger partial charge < -0.3 is 9.64 Å². The molecule has 0 amide bonds. The number of hydrogen-bond acceptors (Lipinski definition) is 2. The Hall–Kier alpha value is -0.440. The molecule has 0 radical (unpaired) electrons. The molecule has 2 rings (SSSR count). The number of para-hydroxylation sites is 1. The molecule has 0 aliphatic carbocycles. The molecule has 2 nitrogen and oxygen atoms in total. The lowest BCUT2D eigenvalue weighted by atomic mass is 10.1. The lowest BCUT2D eigenvalue weighted by Gasteiger charge is -2.35. The van der Waals surface area contributed by atoms with Gasteiger partial charge in [0.15, 0.2) is 0 Å². The number of anilines is 1. The van der Waals surface area contributed by atoms with Crippen molar-refractivity contribution in [2.24, 2.45) is 0 Å². The second-order valence-corrected chi connectivity index (χ2v) is 5.20. The van der Waals surface area contributed by atoms with Crippen molar-refractivity contribution in [3.05, 3.63) is 28.8 Å². The van der Waals surface area contributed by atoms with Crippen molar-refractivity contribution in [2.75, 3.05) is 24.6 Å². The predicted molar refractivity (Wildman–Crippen MR) is 77.9 cm³/mol. The molecule has 4 heteroatoms. The van der Waals surface area contributed by atoms with Crippen molar-refractivity contribution < 1.29 is 4.74 Å². The molecule has 0 unspecified atom stereocenters. The van der Waals surface area contributed by atoms with Gasteiger partial charge in [-0.3, -0.25) is 0 Å². The summed E-state index contributed by atoms with van der Waals surface area (Å²) in [6.45, 7) is 4.81. The van der Waals surface area contributed by atoms with Gasteiger partial charge in [0.2, 0.25) is 0 Å². The van der Waals surface area contributed by atoms with Gasteiger partial charge in [0.1, 0.15) is 0 Å². The monoisotopic (exact) mass is 287 g/mol. The van der Waals surface area contributed by atoms with Crippen LogP contribution in [0.25, 0.3) is 0 Å². The summed E-state index contributed by atoms with van der Waals surface area (Å²) in [5.74, 6) is 0.501. The molecular formula is C14H19Cl2NO. The molecule has 100 valence electrons. The highest BCUT2D eigenvalue weighted by Gasteiger charge is 2.22. The van der Waals surface area contributed by atoms with E-state index in [-0.39, 0.29) is 0 Å². The number of hydrogen-bond donors (Lipinski definition) is 0. The van der Waals surface area contributed by atoms with Crippen molar-refractivity contribution >= 4 is 28.9 Å². The van der Waals surface area contributed by atoms with Gasteiger partial charge in [0.05, 0.1) is 16.8 Å². The zero-order valence-corrected chi connectivity index (χ0v) is 12.2. The molecule has 1 aliphatic rings. The van der Waals surface area contributed by atoms with E-state index in [0.717, 1.165) is 48.8 Å². The van der Waals surface area contributed by atoms with Crippen LogP contribution in [-0.2, 0) is 10.6 Å². The van der Waals surface area contributed by atoms with Crippen LogP contribution in [0.4, 0.5) is 5.69 Å². The normalized spacial score (nSPS) is 17.2. The maximum atomic E-state index is 6.31.